The summed E-state index contributed by atoms with van der Waals surface area (Å²) in [4.78, 5) is 35.9. The first-order chi connectivity index (χ1) is 15.1. The van der Waals surface area contributed by atoms with Crippen molar-refractivity contribution in [2.75, 3.05) is 44.2 Å². The van der Waals surface area contributed by atoms with Crippen molar-refractivity contribution in [2.24, 2.45) is 5.92 Å². The van der Waals surface area contributed by atoms with E-state index in [1.807, 2.05) is 34.1 Å². The minimum atomic E-state index is -0.0370. The highest BCUT2D eigenvalue weighted by Gasteiger charge is 2.32. The first-order valence-electron chi connectivity index (χ1n) is 10.5. The molecule has 3 heterocycles. The highest BCUT2D eigenvalue weighted by atomic mass is 79.9. The van der Waals surface area contributed by atoms with Gasteiger partial charge in [-0.2, -0.15) is 5.26 Å². The van der Waals surface area contributed by atoms with Gasteiger partial charge in [-0.1, -0.05) is 15.9 Å². The van der Waals surface area contributed by atoms with Crippen molar-refractivity contribution in [3.05, 3.63) is 58.2 Å². The summed E-state index contributed by atoms with van der Waals surface area (Å²) in [6.07, 6.45) is 3.08. The number of carbonyl (C=O) groups is 2. The van der Waals surface area contributed by atoms with Crippen LogP contribution >= 0.6 is 15.9 Å². The summed E-state index contributed by atoms with van der Waals surface area (Å²) in [6, 6.07) is 13.1. The predicted octanol–water partition coefficient (Wildman–Crippen LogP) is 2.92. The fraction of sp³-hybridized carbons (Fsp3) is 0.391. The number of aromatic nitrogens is 1. The number of hydrogen-bond donors (Lipinski definition) is 0. The number of amides is 2. The Bertz CT molecular complexity index is 988. The maximum atomic E-state index is 13.0. The molecule has 0 radical (unpaired) electrons. The van der Waals surface area contributed by atoms with Crippen molar-refractivity contribution in [1.82, 2.24) is 14.8 Å². The van der Waals surface area contributed by atoms with Crippen molar-refractivity contribution >= 4 is 33.6 Å². The van der Waals surface area contributed by atoms with Crippen molar-refractivity contribution in [3.8, 4) is 6.07 Å². The van der Waals surface area contributed by atoms with Gasteiger partial charge in [0.1, 0.15) is 11.9 Å². The number of halogens is 1. The largest absolute Gasteiger partial charge is 0.352 e. The summed E-state index contributed by atoms with van der Waals surface area (Å²) >= 11 is 3.39. The lowest BCUT2D eigenvalue weighted by atomic mass is 9.94. The number of hydrogen-bond acceptors (Lipinski definition) is 5. The smallest absolute Gasteiger partial charge is 0.253 e. The average molecular weight is 482 g/mol. The molecule has 0 unspecified atom stereocenters. The second kappa shape index (κ2) is 9.48. The molecule has 2 amide bonds. The number of anilines is 1. The summed E-state index contributed by atoms with van der Waals surface area (Å²) in [7, 11) is 0. The van der Waals surface area contributed by atoms with E-state index >= 15 is 0 Å². The number of piperazine rings is 1. The minimum absolute atomic E-state index is 0.0238. The zero-order valence-corrected chi connectivity index (χ0v) is 18.8. The van der Waals surface area contributed by atoms with Crippen LogP contribution in [0.1, 0.15) is 28.8 Å². The lowest BCUT2D eigenvalue weighted by Crippen LogP contribution is -2.52. The number of benzene rings is 1. The second-order valence-electron chi connectivity index (χ2n) is 7.87. The molecule has 2 aliphatic rings. The summed E-state index contributed by atoms with van der Waals surface area (Å²) in [5.41, 5.74) is 1.24. The molecule has 8 heteroatoms. The minimum Gasteiger partial charge on any atom is -0.352 e. The van der Waals surface area contributed by atoms with Crippen LogP contribution in [0.4, 0.5) is 5.82 Å². The number of pyridine rings is 1. The first kappa shape index (κ1) is 21.3. The van der Waals surface area contributed by atoms with E-state index in [4.69, 9.17) is 0 Å². The van der Waals surface area contributed by atoms with Gasteiger partial charge in [0.2, 0.25) is 5.91 Å². The number of piperidine rings is 1. The van der Waals surface area contributed by atoms with E-state index in [1.165, 1.54) is 0 Å². The molecule has 7 nitrogen and oxygen atoms in total. The fourth-order valence-electron chi connectivity index (χ4n) is 4.24. The molecule has 2 saturated heterocycles. The van der Waals surface area contributed by atoms with Gasteiger partial charge in [0.25, 0.3) is 5.91 Å². The third kappa shape index (κ3) is 4.72. The van der Waals surface area contributed by atoms with Gasteiger partial charge in [-0.3, -0.25) is 9.59 Å². The molecule has 0 N–H and O–H groups in total. The number of rotatable bonds is 3. The summed E-state index contributed by atoms with van der Waals surface area (Å²) in [6.45, 7) is 3.78. The van der Waals surface area contributed by atoms with E-state index in [9.17, 15) is 14.9 Å². The molecule has 0 atom stereocenters. The van der Waals surface area contributed by atoms with E-state index in [1.54, 1.807) is 18.3 Å². The number of carbonyl (C=O) groups excluding carboxylic acids is 2. The van der Waals surface area contributed by atoms with Crippen LogP contribution in [0.5, 0.6) is 0 Å². The zero-order valence-electron chi connectivity index (χ0n) is 17.2. The zero-order chi connectivity index (χ0) is 21.8. The van der Waals surface area contributed by atoms with Crippen LogP contribution < -0.4 is 4.90 Å². The molecular formula is C23H24BrN5O2. The third-order valence-electron chi connectivity index (χ3n) is 6.02. The average Bonchev–Trinajstić information content (AvgIpc) is 2.84. The third-order valence-corrected chi connectivity index (χ3v) is 6.55. The molecule has 0 spiro atoms. The van der Waals surface area contributed by atoms with Crippen LogP contribution in [0.25, 0.3) is 0 Å². The fourth-order valence-corrected chi connectivity index (χ4v) is 4.50. The van der Waals surface area contributed by atoms with Crippen molar-refractivity contribution in [1.29, 1.82) is 5.26 Å². The van der Waals surface area contributed by atoms with Gasteiger partial charge in [0.05, 0.1) is 5.56 Å². The van der Waals surface area contributed by atoms with Crippen molar-refractivity contribution in [3.63, 3.8) is 0 Å². The molecule has 0 bridgehead atoms. The predicted molar refractivity (Wildman–Crippen MR) is 121 cm³/mol. The number of nitriles is 1. The Morgan fingerprint density at radius 2 is 1.65 bits per heavy atom. The maximum absolute atomic E-state index is 13.0. The van der Waals surface area contributed by atoms with Gasteiger partial charge >= 0.3 is 0 Å². The van der Waals surface area contributed by atoms with Gasteiger partial charge in [0, 0.05) is 61.4 Å². The Morgan fingerprint density at radius 1 is 0.968 bits per heavy atom. The molecule has 0 saturated carbocycles. The monoisotopic (exact) mass is 481 g/mol. The lowest BCUT2D eigenvalue weighted by Gasteiger charge is -2.39. The van der Waals surface area contributed by atoms with E-state index in [0.29, 0.717) is 69.1 Å². The molecule has 2 aliphatic heterocycles. The summed E-state index contributed by atoms with van der Waals surface area (Å²) < 4.78 is 0.945. The maximum Gasteiger partial charge on any atom is 0.253 e. The molecule has 4 rings (SSSR count). The molecule has 1 aromatic heterocycles. The van der Waals surface area contributed by atoms with E-state index < -0.39 is 0 Å². The normalized spacial score (nSPS) is 17.4. The topological polar surface area (TPSA) is 80.5 Å². The quantitative estimate of drug-likeness (QED) is 0.672. The van der Waals surface area contributed by atoms with Crippen LogP contribution in [0.15, 0.2) is 47.1 Å². The highest BCUT2D eigenvalue weighted by molar-refractivity contribution is 9.10. The Kier molecular flexibility index (Phi) is 6.52. The van der Waals surface area contributed by atoms with Crippen LogP contribution in [0.3, 0.4) is 0 Å². The molecular weight excluding hydrogens is 458 g/mol. The van der Waals surface area contributed by atoms with Gasteiger partial charge in [-0.15, -0.1) is 0 Å². The van der Waals surface area contributed by atoms with Gasteiger partial charge < -0.3 is 14.7 Å². The van der Waals surface area contributed by atoms with Gasteiger partial charge in [-0.25, -0.2) is 4.98 Å². The van der Waals surface area contributed by atoms with Gasteiger partial charge in [0.15, 0.2) is 0 Å². The van der Waals surface area contributed by atoms with Gasteiger partial charge in [-0.05, 0) is 49.2 Å². The summed E-state index contributed by atoms with van der Waals surface area (Å²) in [5.74, 6) is 0.856. The lowest BCUT2D eigenvalue weighted by molar-refractivity contribution is -0.137. The molecule has 31 heavy (non-hydrogen) atoms. The molecule has 160 valence electrons. The number of nitrogens with zero attached hydrogens (tertiary/aromatic N) is 5. The SMILES string of the molecule is N#Cc1cccnc1N1CCN(C(=O)C2CCN(C(=O)c3ccc(Br)cc3)CC2)CC1. The number of likely N-dealkylation sites (tertiary alicyclic amines) is 1. The van der Waals surface area contributed by atoms with Crippen LogP contribution in [-0.4, -0.2) is 65.9 Å². The second-order valence-corrected chi connectivity index (χ2v) is 8.79. The van der Waals surface area contributed by atoms with Crippen LogP contribution in [-0.2, 0) is 4.79 Å². The molecule has 1 aromatic carbocycles. The van der Waals surface area contributed by atoms with Crippen molar-refractivity contribution in [2.45, 2.75) is 12.8 Å². The Morgan fingerprint density at radius 3 is 2.29 bits per heavy atom. The summed E-state index contributed by atoms with van der Waals surface area (Å²) in [5, 5.41) is 9.29. The first-order valence-corrected chi connectivity index (χ1v) is 11.3. The van der Waals surface area contributed by atoms with E-state index in [-0.39, 0.29) is 17.7 Å². The molecule has 2 aromatic rings. The standard InChI is InChI=1S/C23H24BrN5O2/c24-20-5-3-17(4-6-20)22(30)28-10-7-18(8-11-28)23(31)29-14-12-27(13-15-29)21-19(16-25)2-1-9-26-21/h1-6,9,18H,7-8,10-15H2. The Labute approximate surface area is 190 Å². The van der Waals surface area contributed by atoms with Crippen LogP contribution in [0.2, 0.25) is 0 Å². The van der Waals surface area contributed by atoms with E-state index in [0.717, 1.165) is 4.47 Å². The highest BCUT2D eigenvalue weighted by Crippen LogP contribution is 2.24. The molecule has 0 aliphatic carbocycles. The van der Waals surface area contributed by atoms with E-state index in [2.05, 4.69) is 31.9 Å². The Hall–Kier alpha value is -2.92. The molecule has 2 fully saturated rings. The van der Waals surface area contributed by atoms with Crippen molar-refractivity contribution < 1.29 is 9.59 Å². The Balaban J connectivity index is 1.29. The van der Waals surface area contributed by atoms with Crippen LogP contribution in [0, 0.1) is 17.2 Å².